The Kier molecular flexibility index (Phi) is 1.91. The van der Waals surface area contributed by atoms with Gasteiger partial charge >= 0.3 is 0 Å². The van der Waals surface area contributed by atoms with Gasteiger partial charge in [0.05, 0.1) is 11.5 Å². The van der Waals surface area contributed by atoms with E-state index in [1.807, 2.05) is 0 Å². The molecule has 0 heterocycles. The minimum atomic E-state index is -0.212. The van der Waals surface area contributed by atoms with E-state index in [0.717, 1.165) is 32.0 Å². The van der Waals surface area contributed by atoms with Crippen LogP contribution in [0.15, 0.2) is 0 Å². The molecular weight excluding hydrogens is 190 g/mol. The van der Waals surface area contributed by atoms with Gasteiger partial charge in [0.25, 0.3) is 0 Å². The Morgan fingerprint density at radius 2 is 1.93 bits per heavy atom. The van der Waals surface area contributed by atoms with Gasteiger partial charge in [-0.05, 0) is 37.5 Å². The number of carbonyl (C=O) groups excluding carboxylic acids is 2. The Labute approximate surface area is 89.6 Å². The topological polar surface area (TPSA) is 46.2 Å². The summed E-state index contributed by atoms with van der Waals surface area (Å²) in [5.41, 5.74) is -0.000135. The Balaban J connectivity index is 1.59. The molecule has 1 N–H and O–H groups in total. The van der Waals surface area contributed by atoms with Crippen LogP contribution in [-0.2, 0) is 9.59 Å². The van der Waals surface area contributed by atoms with E-state index >= 15 is 0 Å². The van der Waals surface area contributed by atoms with Crippen molar-refractivity contribution in [1.82, 2.24) is 5.32 Å². The number of hydrogen-bond donors (Lipinski definition) is 1. The van der Waals surface area contributed by atoms with Crippen molar-refractivity contribution in [3.63, 3.8) is 0 Å². The lowest BCUT2D eigenvalue weighted by molar-refractivity contribution is -0.127. The molecular formula is C12H17NO2. The lowest BCUT2D eigenvalue weighted by Crippen LogP contribution is -2.42. The number of rotatable bonds is 4. The summed E-state index contributed by atoms with van der Waals surface area (Å²) in [4.78, 5) is 22.8. The molecule has 3 aliphatic rings. The summed E-state index contributed by atoms with van der Waals surface area (Å²) in [6, 6.07) is -0.212. The maximum absolute atomic E-state index is 11.8. The Morgan fingerprint density at radius 1 is 1.33 bits per heavy atom. The van der Waals surface area contributed by atoms with Crippen LogP contribution in [-0.4, -0.2) is 18.2 Å². The summed E-state index contributed by atoms with van der Waals surface area (Å²) < 4.78 is 0. The maximum Gasteiger partial charge on any atom is 0.227 e. The zero-order valence-electron chi connectivity index (χ0n) is 8.87. The molecule has 3 saturated carbocycles. The highest BCUT2D eigenvalue weighted by molar-refractivity contribution is 5.91. The van der Waals surface area contributed by atoms with Gasteiger partial charge in [-0.25, -0.2) is 0 Å². The van der Waals surface area contributed by atoms with Gasteiger partial charge < -0.3 is 10.1 Å². The van der Waals surface area contributed by atoms with E-state index in [9.17, 15) is 9.59 Å². The smallest absolute Gasteiger partial charge is 0.227 e. The summed E-state index contributed by atoms with van der Waals surface area (Å²) in [6.45, 7) is 0. The fourth-order valence-electron chi connectivity index (χ4n) is 2.95. The molecule has 0 aromatic heterocycles. The van der Waals surface area contributed by atoms with Crippen LogP contribution in [0.4, 0.5) is 0 Å². The average molecular weight is 207 g/mol. The Bertz CT molecular complexity index is 301. The summed E-state index contributed by atoms with van der Waals surface area (Å²) in [5, 5.41) is 2.95. The first-order valence-corrected chi connectivity index (χ1v) is 6.02. The standard InChI is InChI=1S/C12H17NO2/c14-7-10(8-3-1-2-4-8)13-11(15)12-5-9(12)6-12/h7-10H,1-6H2,(H,13,15). The van der Waals surface area contributed by atoms with Crippen LogP contribution in [0.2, 0.25) is 0 Å². The third-order valence-electron chi connectivity index (χ3n) is 4.49. The summed E-state index contributed by atoms with van der Waals surface area (Å²) in [6.07, 6.45) is 7.67. The van der Waals surface area contributed by atoms with Crippen LogP contribution in [0.25, 0.3) is 0 Å². The highest BCUT2D eigenvalue weighted by atomic mass is 16.2. The second kappa shape index (κ2) is 3.06. The maximum atomic E-state index is 11.8. The molecule has 0 aromatic carbocycles. The largest absolute Gasteiger partial charge is 0.346 e. The van der Waals surface area contributed by atoms with Crippen LogP contribution < -0.4 is 5.32 Å². The van der Waals surface area contributed by atoms with Gasteiger partial charge in [0.15, 0.2) is 0 Å². The number of nitrogens with one attached hydrogen (secondary N) is 1. The highest BCUT2D eigenvalue weighted by Crippen LogP contribution is 2.75. The fraction of sp³-hybridized carbons (Fsp3) is 0.833. The molecule has 1 unspecified atom stereocenters. The van der Waals surface area contributed by atoms with Crippen molar-refractivity contribution in [2.75, 3.05) is 0 Å². The third-order valence-corrected chi connectivity index (χ3v) is 4.49. The molecule has 3 aliphatic carbocycles. The molecule has 0 aliphatic heterocycles. The highest BCUT2D eigenvalue weighted by Gasteiger charge is 2.74. The average Bonchev–Trinajstić information content (AvgIpc) is 3.01. The van der Waals surface area contributed by atoms with Crippen LogP contribution in [0, 0.1) is 17.3 Å². The first kappa shape index (κ1) is 9.37. The van der Waals surface area contributed by atoms with Crippen LogP contribution in [0.3, 0.4) is 0 Å². The van der Waals surface area contributed by atoms with Crippen molar-refractivity contribution < 1.29 is 9.59 Å². The first-order chi connectivity index (χ1) is 7.26. The van der Waals surface area contributed by atoms with E-state index < -0.39 is 0 Å². The Hall–Kier alpha value is -0.860. The SMILES string of the molecule is O=CC(NC(=O)C12CC1C2)C1CCCC1. The second-order valence-corrected chi connectivity index (χ2v) is 5.44. The van der Waals surface area contributed by atoms with Gasteiger partial charge in [0.1, 0.15) is 6.29 Å². The van der Waals surface area contributed by atoms with E-state index in [0.29, 0.717) is 11.8 Å². The van der Waals surface area contributed by atoms with Crippen molar-refractivity contribution in [3.8, 4) is 0 Å². The van der Waals surface area contributed by atoms with Gasteiger partial charge in [0, 0.05) is 0 Å². The molecule has 0 spiro atoms. The molecule has 15 heavy (non-hydrogen) atoms. The van der Waals surface area contributed by atoms with E-state index in [4.69, 9.17) is 0 Å². The number of carbonyl (C=O) groups is 2. The Morgan fingerprint density at radius 3 is 2.40 bits per heavy atom. The van der Waals surface area contributed by atoms with E-state index in [1.54, 1.807) is 0 Å². The van der Waals surface area contributed by atoms with Crippen molar-refractivity contribution in [2.45, 2.75) is 44.6 Å². The lowest BCUT2D eigenvalue weighted by atomic mass is 9.99. The molecule has 1 amide bonds. The van der Waals surface area contributed by atoms with Gasteiger partial charge in [-0.2, -0.15) is 0 Å². The van der Waals surface area contributed by atoms with E-state index in [-0.39, 0.29) is 17.4 Å². The monoisotopic (exact) mass is 207 g/mol. The first-order valence-electron chi connectivity index (χ1n) is 6.02. The summed E-state index contributed by atoms with van der Waals surface area (Å²) in [7, 11) is 0. The zero-order chi connectivity index (χ0) is 10.5. The second-order valence-electron chi connectivity index (χ2n) is 5.44. The zero-order valence-corrected chi connectivity index (χ0v) is 8.87. The molecule has 82 valence electrons. The molecule has 0 saturated heterocycles. The molecule has 1 atom stereocenters. The summed E-state index contributed by atoms with van der Waals surface area (Å²) in [5.74, 6) is 1.21. The van der Waals surface area contributed by atoms with Crippen LogP contribution in [0.5, 0.6) is 0 Å². The van der Waals surface area contributed by atoms with Crippen molar-refractivity contribution in [1.29, 1.82) is 0 Å². The molecule has 3 heteroatoms. The number of fused-ring (bicyclic) bond motifs is 1. The minimum absolute atomic E-state index is 0.000135. The minimum Gasteiger partial charge on any atom is -0.346 e. The van der Waals surface area contributed by atoms with Crippen LogP contribution in [0.1, 0.15) is 38.5 Å². The molecule has 0 aromatic rings. The predicted octanol–water partition coefficient (Wildman–Crippen LogP) is 1.27. The third kappa shape index (κ3) is 1.40. The normalized spacial score (nSPS) is 39.3. The van der Waals surface area contributed by atoms with Gasteiger partial charge in [-0.3, -0.25) is 4.79 Å². The molecule has 3 nitrogen and oxygen atoms in total. The van der Waals surface area contributed by atoms with Crippen molar-refractivity contribution in [3.05, 3.63) is 0 Å². The molecule has 0 radical (unpaired) electrons. The predicted molar refractivity (Wildman–Crippen MR) is 55.1 cm³/mol. The fourth-order valence-corrected chi connectivity index (χ4v) is 2.95. The van der Waals surface area contributed by atoms with Crippen LogP contribution >= 0.6 is 0 Å². The van der Waals surface area contributed by atoms with Gasteiger partial charge in [-0.15, -0.1) is 0 Å². The number of hydrogen-bond acceptors (Lipinski definition) is 2. The lowest BCUT2D eigenvalue weighted by Gasteiger charge is -2.19. The molecule has 0 bridgehead atoms. The quantitative estimate of drug-likeness (QED) is 0.706. The molecule has 3 fully saturated rings. The molecule has 3 rings (SSSR count). The number of aldehydes is 1. The van der Waals surface area contributed by atoms with E-state index in [1.165, 1.54) is 12.8 Å². The van der Waals surface area contributed by atoms with Gasteiger partial charge in [0.2, 0.25) is 5.91 Å². The van der Waals surface area contributed by atoms with E-state index in [2.05, 4.69) is 5.32 Å². The van der Waals surface area contributed by atoms with Gasteiger partial charge in [-0.1, -0.05) is 12.8 Å². The van der Waals surface area contributed by atoms with Crippen molar-refractivity contribution >= 4 is 12.2 Å². The number of amides is 1. The summed E-state index contributed by atoms with van der Waals surface area (Å²) >= 11 is 0. The van der Waals surface area contributed by atoms with Crippen molar-refractivity contribution in [2.24, 2.45) is 17.3 Å².